The molecule has 22 heavy (non-hydrogen) atoms. The van der Waals surface area contributed by atoms with Crippen LogP contribution in [0.3, 0.4) is 0 Å². The minimum Gasteiger partial charge on any atom is -0.0654 e. The normalized spacial score (nSPS) is 14.2. The second-order valence-electron chi connectivity index (χ2n) is 7.75. The predicted molar refractivity (Wildman–Crippen MR) is 104 cm³/mol. The second kappa shape index (κ2) is 17.4. The van der Waals surface area contributed by atoms with E-state index in [2.05, 4.69) is 27.7 Å². The quantitative estimate of drug-likeness (QED) is 0.236. The van der Waals surface area contributed by atoms with Gasteiger partial charge < -0.3 is 0 Å². The predicted octanol–water partition coefficient (Wildman–Crippen LogP) is 8.54. The molecular weight excluding hydrogens is 264 g/mol. The Morgan fingerprint density at radius 1 is 0.500 bits per heavy atom. The Kier molecular flexibility index (Phi) is 17.4. The molecule has 134 valence electrons. The van der Waals surface area contributed by atoms with Gasteiger partial charge in [-0.25, -0.2) is 0 Å². The number of unbranched alkanes of at least 4 members (excludes halogenated alkanes) is 9. The highest BCUT2D eigenvalue weighted by Gasteiger charge is 2.12. The molecule has 2 atom stereocenters. The molecule has 0 nitrogen and oxygen atoms in total. The minimum atomic E-state index is 0.957. The highest BCUT2D eigenvalue weighted by molar-refractivity contribution is 4.65. The molecule has 0 spiro atoms. The molecule has 0 bridgehead atoms. The van der Waals surface area contributed by atoms with Gasteiger partial charge in [-0.05, 0) is 18.3 Å². The van der Waals surface area contributed by atoms with Gasteiger partial charge in [-0.15, -0.1) is 0 Å². The molecule has 0 saturated heterocycles. The smallest absolute Gasteiger partial charge is 0.0412 e. The van der Waals surface area contributed by atoms with Crippen LogP contribution >= 0.6 is 0 Å². The molecule has 0 saturated carbocycles. The molecule has 0 aromatic rings. The van der Waals surface area contributed by atoms with Gasteiger partial charge in [0.15, 0.2) is 0 Å². The molecular formula is C22H46. The van der Waals surface area contributed by atoms with Gasteiger partial charge in [-0.3, -0.25) is 0 Å². The van der Waals surface area contributed by atoms with E-state index in [1.54, 1.807) is 0 Å². The largest absolute Gasteiger partial charge is 0.0654 e. The van der Waals surface area contributed by atoms with Crippen LogP contribution in [0, 0.1) is 11.8 Å². The average molecular weight is 311 g/mol. The summed E-state index contributed by atoms with van der Waals surface area (Å²) in [5, 5.41) is 0. The molecule has 0 rings (SSSR count). The fourth-order valence-corrected chi connectivity index (χ4v) is 3.78. The van der Waals surface area contributed by atoms with Gasteiger partial charge in [0.05, 0.1) is 0 Å². The lowest BCUT2D eigenvalue weighted by Crippen LogP contribution is -2.07. The first-order valence-electron chi connectivity index (χ1n) is 10.7. The van der Waals surface area contributed by atoms with Gasteiger partial charge in [0.1, 0.15) is 0 Å². The highest BCUT2D eigenvalue weighted by Crippen LogP contribution is 2.26. The third-order valence-corrected chi connectivity index (χ3v) is 5.20. The average Bonchev–Trinajstić information content (AvgIpc) is 2.50. The number of rotatable bonds is 17. The van der Waals surface area contributed by atoms with Crippen molar-refractivity contribution in [2.45, 2.75) is 130 Å². The van der Waals surface area contributed by atoms with Crippen LogP contribution in [0.1, 0.15) is 130 Å². The topological polar surface area (TPSA) is 0 Å². The van der Waals surface area contributed by atoms with E-state index in [9.17, 15) is 0 Å². The third-order valence-electron chi connectivity index (χ3n) is 5.20. The van der Waals surface area contributed by atoms with Crippen LogP contribution in [0.25, 0.3) is 0 Å². The lowest BCUT2D eigenvalue weighted by Gasteiger charge is -2.20. The van der Waals surface area contributed by atoms with E-state index in [0.717, 1.165) is 11.8 Å². The van der Waals surface area contributed by atoms with Crippen LogP contribution in [-0.2, 0) is 0 Å². The van der Waals surface area contributed by atoms with E-state index in [-0.39, 0.29) is 0 Å². The Labute approximate surface area is 142 Å². The molecule has 0 aromatic carbocycles. The molecule has 0 aliphatic carbocycles. The van der Waals surface area contributed by atoms with Crippen molar-refractivity contribution in [2.75, 3.05) is 0 Å². The van der Waals surface area contributed by atoms with Crippen molar-refractivity contribution in [1.29, 1.82) is 0 Å². The van der Waals surface area contributed by atoms with E-state index in [1.165, 1.54) is 103 Å². The van der Waals surface area contributed by atoms with Crippen LogP contribution in [0.5, 0.6) is 0 Å². The van der Waals surface area contributed by atoms with E-state index in [1.807, 2.05) is 0 Å². The Hall–Kier alpha value is 0. The third kappa shape index (κ3) is 14.9. The molecule has 0 aliphatic rings. The summed E-state index contributed by atoms with van der Waals surface area (Å²) in [6.45, 7) is 9.48. The summed E-state index contributed by atoms with van der Waals surface area (Å²) < 4.78 is 0. The summed E-state index contributed by atoms with van der Waals surface area (Å²) in [6.07, 6.45) is 23.2. The summed E-state index contributed by atoms with van der Waals surface area (Å²) in [4.78, 5) is 0. The van der Waals surface area contributed by atoms with Crippen LogP contribution in [0.4, 0.5) is 0 Å². The van der Waals surface area contributed by atoms with Gasteiger partial charge in [0.25, 0.3) is 0 Å². The molecule has 0 heteroatoms. The zero-order valence-corrected chi connectivity index (χ0v) is 16.5. The monoisotopic (exact) mass is 310 g/mol. The summed E-state index contributed by atoms with van der Waals surface area (Å²) in [7, 11) is 0. The first kappa shape index (κ1) is 22.0. The van der Waals surface area contributed by atoms with E-state index in [0.29, 0.717) is 0 Å². The maximum absolute atomic E-state index is 2.51. The molecule has 2 unspecified atom stereocenters. The van der Waals surface area contributed by atoms with E-state index in [4.69, 9.17) is 0 Å². The Morgan fingerprint density at radius 3 is 1.55 bits per heavy atom. The van der Waals surface area contributed by atoms with Gasteiger partial charge in [0.2, 0.25) is 0 Å². The molecule has 0 fully saturated rings. The minimum absolute atomic E-state index is 0.957. The SMILES string of the molecule is CCCCCCCCC(C)CC(CCC)CCCCCCC. The van der Waals surface area contributed by atoms with Crippen LogP contribution < -0.4 is 0 Å². The maximum atomic E-state index is 2.51. The molecule has 0 radical (unpaired) electrons. The van der Waals surface area contributed by atoms with Crippen molar-refractivity contribution >= 4 is 0 Å². The summed E-state index contributed by atoms with van der Waals surface area (Å²) in [5.74, 6) is 1.97. The molecule has 0 aromatic heterocycles. The van der Waals surface area contributed by atoms with Crippen LogP contribution in [-0.4, -0.2) is 0 Å². The van der Waals surface area contributed by atoms with Crippen molar-refractivity contribution in [3.63, 3.8) is 0 Å². The maximum Gasteiger partial charge on any atom is -0.0412 e. The summed E-state index contributed by atoms with van der Waals surface area (Å²) >= 11 is 0. The van der Waals surface area contributed by atoms with E-state index < -0.39 is 0 Å². The lowest BCUT2D eigenvalue weighted by molar-refractivity contribution is 0.319. The van der Waals surface area contributed by atoms with Gasteiger partial charge >= 0.3 is 0 Å². The first-order chi connectivity index (χ1) is 10.7. The fraction of sp³-hybridized carbons (Fsp3) is 1.00. The van der Waals surface area contributed by atoms with Crippen molar-refractivity contribution in [1.82, 2.24) is 0 Å². The summed E-state index contributed by atoms with van der Waals surface area (Å²) in [6, 6.07) is 0. The molecule has 0 N–H and O–H groups in total. The fourth-order valence-electron chi connectivity index (χ4n) is 3.78. The zero-order valence-electron chi connectivity index (χ0n) is 16.5. The van der Waals surface area contributed by atoms with E-state index >= 15 is 0 Å². The van der Waals surface area contributed by atoms with Crippen molar-refractivity contribution in [3.05, 3.63) is 0 Å². The van der Waals surface area contributed by atoms with Crippen LogP contribution in [0.2, 0.25) is 0 Å². The first-order valence-corrected chi connectivity index (χ1v) is 10.7. The molecule has 0 amide bonds. The van der Waals surface area contributed by atoms with Crippen molar-refractivity contribution in [2.24, 2.45) is 11.8 Å². The lowest BCUT2D eigenvalue weighted by atomic mass is 9.85. The molecule has 0 aliphatic heterocycles. The van der Waals surface area contributed by atoms with Gasteiger partial charge in [-0.2, -0.15) is 0 Å². The Bertz CT molecular complexity index is 196. The summed E-state index contributed by atoms with van der Waals surface area (Å²) in [5.41, 5.74) is 0. The Balaban J connectivity index is 3.66. The Morgan fingerprint density at radius 2 is 1.00 bits per heavy atom. The van der Waals surface area contributed by atoms with Crippen molar-refractivity contribution < 1.29 is 0 Å². The van der Waals surface area contributed by atoms with Crippen molar-refractivity contribution in [3.8, 4) is 0 Å². The number of hydrogen-bond donors (Lipinski definition) is 0. The second-order valence-corrected chi connectivity index (χ2v) is 7.75. The number of hydrogen-bond acceptors (Lipinski definition) is 0. The van der Waals surface area contributed by atoms with Crippen LogP contribution in [0.15, 0.2) is 0 Å². The zero-order chi connectivity index (χ0) is 16.5. The highest BCUT2D eigenvalue weighted by atomic mass is 14.2. The van der Waals surface area contributed by atoms with Gasteiger partial charge in [0, 0.05) is 0 Å². The standard InChI is InChI=1S/C22H46/c1-5-8-10-12-14-15-18-21(4)20-22(17-7-3)19-16-13-11-9-6-2/h21-22H,5-20H2,1-4H3. The van der Waals surface area contributed by atoms with Gasteiger partial charge in [-0.1, -0.05) is 124 Å². The molecule has 0 heterocycles.